The predicted molar refractivity (Wildman–Crippen MR) is 108 cm³/mol. The van der Waals surface area contributed by atoms with Crippen molar-refractivity contribution in [2.24, 2.45) is 0 Å². The predicted octanol–water partition coefficient (Wildman–Crippen LogP) is 5.14. The number of fused-ring (bicyclic) bond motifs is 1. The van der Waals surface area contributed by atoms with Crippen molar-refractivity contribution in [1.82, 2.24) is 20.1 Å². The summed E-state index contributed by atoms with van der Waals surface area (Å²) in [6.07, 6.45) is -1.13. The Kier molecular flexibility index (Phi) is 5.01. The highest BCUT2D eigenvalue weighted by Gasteiger charge is 2.29. The van der Waals surface area contributed by atoms with E-state index in [2.05, 4.69) is 20.1 Å². The Morgan fingerprint density at radius 2 is 1.90 bits per heavy atom. The van der Waals surface area contributed by atoms with E-state index in [1.165, 1.54) is 12.1 Å². The van der Waals surface area contributed by atoms with Gasteiger partial charge >= 0.3 is 0 Å². The number of benzene rings is 2. The molecule has 1 unspecified atom stereocenters. The molecule has 1 fully saturated rings. The molecule has 9 heteroatoms. The van der Waals surface area contributed by atoms with Crippen molar-refractivity contribution in [3.63, 3.8) is 0 Å². The van der Waals surface area contributed by atoms with Gasteiger partial charge in [-0.1, -0.05) is 29.4 Å². The van der Waals surface area contributed by atoms with Crippen molar-refractivity contribution in [2.45, 2.75) is 25.2 Å². The second-order valence-electron chi connectivity index (χ2n) is 7.47. The molecule has 1 aliphatic heterocycles. The Hall–Kier alpha value is -3.49. The first kappa shape index (κ1) is 19.5. The molecule has 1 atom stereocenters. The average molecular weight is 425 g/mol. The highest BCUT2D eigenvalue weighted by Crippen LogP contribution is 2.33. The van der Waals surface area contributed by atoms with Crippen molar-refractivity contribution in [3.05, 3.63) is 66.1 Å². The molecular formula is C22H18F3N5O. The fraction of sp³-hybridized carbons (Fsp3) is 0.273. The van der Waals surface area contributed by atoms with Crippen LogP contribution in [0.3, 0.4) is 0 Å². The lowest BCUT2D eigenvalue weighted by molar-refractivity contribution is 0.141. The third kappa shape index (κ3) is 3.83. The van der Waals surface area contributed by atoms with Crippen LogP contribution in [0.25, 0.3) is 22.3 Å². The maximum atomic E-state index is 13.5. The number of hydrogen-bond acceptors (Lipinski definition) is 6. The van der Waals surface area contributed by atoms with Gasteiger partial charge in [0.25, 0.3) is 6.43 Å². The topological polar surface area (TPSA) is 67.9 Å². The fourth-order valence-electron chi connectivity index (χ4n) is 3.93. The minimum atomic E-state index is -2.76. The highest BCUT2D eigenvalue weighted by molar-refractivity contribution is 5.89. The molecule has 2 aromatic heterocycles. The number of alkyl halides is 2. The van der Waals surface area contributed by atoms with E-state index in [9.17, 15) is 13.2 Å². The van der Waals surface area contributed by atoms with E-state index in [1.807, 2.05) is 17.0 Å². The molecular weight excluding hydrogens is 407 g/mol. The van der Waals surface area contributed by atoms with Crippen molar-refractivity contribution in [3.8, 4) is 11.4 Å². The van der Waals surface area contributed by atoms with Gasteiger partial charge in [0.1, 0.15) is 11.6 Å². The van der Waals surface area contributed by atoms with Gasteiger partial charge in [0.15, 0.2) is 5.82 Å². The van der Waals surface area contributed by atoms with Crippen LogP contribution >= 0.6 is 0 Å². The van der Waals surface area contributed by atoms with Gasteiger partial charge in [-0.25, -0.2) is 23.1 Å². The summed E-state index contributed by atoms with van der Waals surface area (Å²) in [7, 11) is 0. The van der Waals surface area contributed by atoms with Crippen LogP contribution in [0.1, 0.15) is 36.9 Å². The van der Waals surface area contributed by atoms with Crippen molar-refractivity contribution < 1.29 is 17.7 Å². The second kappa shape index (κ2) is 7.98. The molecule has 6 nitrogen and oxygen atoms in total. The summed E-state index contributed by atoms with van der Waals surface area (Å²) in [6, 6.07) is 13.1. The third-order valence-corrected chi connectivity index (χ3v) is 5.39. The molecule has 3 heterocycles. The van der Waals surface area contributed by atoms with Gasteiger partial charge in [0, 0.05) is 24.0 Å². The Labute approximate surface area is 175 Å². The number of rotatable bonds is 4. The molecule has 0 spiro atoms. The maximum absolute atomic E-state index is 13.5. The number of hydrogen-bond donors (Lipinski definition) is 0. The number of piperidine rings is 1. The molecule has 4 aromatic rings. The Morgan fingerprint density at radius 1 is 1.03 bits per heavy atom. The molecule has 0 saturated carbocycles. The Bertz CT molecular complexity index is 1230. The van der Waals surface area contributed by atoms with Crippen LogP contribution in [0, 0.1) is 5.82 Å². The quantitative estimate of drug-likeness (QED) is 0.451. The van der Waals surface area contributed by atoms with Crippen LogP contribution in [0.4, 0.5) is 19.0 Å². The van der Waals surface area contributed by atoms with Gasteiger partial charge in [0.2, 0.25) is 11.7 Å². The van der Waals surface area contributed by atoms with E-state index in [-0.39, 0.29) is 11.7 Å². The molecule has 0 bridgehead atoms. The van der Waals surface area contributed by atoms with E-state index in [0.29, 0.717) is 41.7 Å². The molecule has 1 aliphatic rings. The molecule has 1 saturated heterocycles. The van der Waals surface area contributed by atoms with Crippen LogP contribution in [0.5, 0.6) is 0 Å². The lowest BCUT2D eigenvalue weighted by Gasteiger charge is -2.32. The van der Waals surface area contributed by atoms with Gasteiger partial charge < -0.3 is 9.42 Å². The van der Waals surface area contributed by atoms with Crippen molar-refractivity contribution >= 4 is 16.7 Å². The van der Waals surface area contributed by atoms with Crippen LogP contribution in [0.2, 0.25) is 0 Å². The number of nitrogens with zero attached hydrogens (tertiary/aromatic N) is 5. The molecule has 0 N–H and O–H groups in total. The summed E-state index contributed by atoms with van der Waals surface area (Å²) in [5.74, 6) is 0.290. The SMILES string of the molecule is Fc1cccc(-c2noc(C3CCCN(c4nc(C(F)F)nc5ccccc45)C3)n2)c1. The standard InChI is InChI=1S/C22H18F3N5O/c23-15-7-3-5-13(11-15)19-28-22(31-29-19)14-6-4-10-30(12-14)21-16-8-1-2-9-17(16)26-20(27-21)18(24)25/h1-3,5,7-9,11,14,18H,4,6,10,12H2. The lowest BCUT2D eigenvalue weighted by atomic mass is 9.97. The normalized spacial score (nSPS) is 16.9. The van der Waals surface area contributed by atoms with Gasteiger partial charge in [0.05, 0.1) is 11.4 Å². The summed E-state index contributed by atoms with van der Waals surface area (Å²) in [5.41, 5.74) is 1.02. The molecule has 2 aromatic carbocycles. The molecule has 0 radical (unpaired) electrons. The Morgan fingerprint density at radius 3 is 2.74 bits per heavy atom. The first-order valence-electron chi connectivity index (χ1n) is 9.98. The summed E-state index contributed by atoms with van der Waals surface area (Å²) in [4.78, 5) is 14.6. The van der Waals surface area contributed by atoms with Gasteiger partial charge in [-0.15, -0.1) is 0 Å². The van der Waals surface area contributed by atoms with E-state index in [1.54, 1.807) is 24.3 Å². The Balaban J connectivity index is 1.45. The zero-order valence-corrected chi connectivity index (χ0v) is 16.4. The summed E-state index contributed by atoms with van der Waals surface area (Å²) in [5, 5.41) is 4.71. The molecule has 0 amide bonds. The maximum Gasteiger partial charge on any atom is 0.297 e. The van der Waals surface area contributed by atoms with Gasteiger partial charge in [-0.3, -0.25) is 0 Å². The fourth-order valence-corrected chi connectivity index (χ4v) is 3.93. The number of halogens is 3. The summed E-state index contributed by atoms with van der Waals surface area (Å²) >= 11 is 0. The summed E-state index contributed by atoms with van der Waals surface area (Å²) in [6.45, 7) is 1.17. The number of para-hydroxylation sites is 1. The van der Waals surface area contributed by atoms with E-state index in [4.69, 9.17) is 4.52 Å². The van der Waals surface area contributed by atoms with Crippen LogP contribution in [0.15, 0.2) is 53.1 Å². The number of aromatic nitrogens is 4. The average Bonchev–Trinajstić information content (AvgIpc) is 3.29. The van der Waals surface area contributed by atoms with Crippen LogP contribution < -0.4 is 4.90 Å². The van der Waals surface area contributed by atoms with Crippen LogP contribution in [-0.4, -0.2) is 33.2 Å². The van der Waals surface area contributed by atoms with E-state index < -0.39 is 12.2 Å². The largest absolute Gasteiger partial charge is 0.355 e. The minimum absolute atomic E-state index is 0.0905. The second-order valence-corrected chi connectivity index (χ2v) is 7.47. The zero-order valence-electron chi connectivity index (χ0n) is 16.4. The molecule has 0 aliphatic carbocycles. The summed E-state index contributed by atoms with van der Waals surface area (Å²) < 4.78 is 45.7. The van der Waals surface area contributed by atoms with Gasteiger partial charge in [-0.05, 0) is 37.1 Å². The zero-order chi connectivity index (χ0) is 21.4. The smallest absolute Gasteiger partial charge is 0.297 e. The number of anilines is 1. The van der Waals surface area contributed by atoms with Crippen molar-refractivity contribution in [1.29, 1.82) is 0 Å². The first-order valence-corrected chi connectivity index (χ1v) is 9.98. The third-order valence-electron chi connectivity index (χ3n) is 5.39. The molecule has 31 heavy (non-hydrogen) atoms. The highest BCUT2D eigenvalue weighted by atomic mass is 19.3. The van der Waals surface area contributed by atoms with Crippen molar-refractivity contribution in [2.75, 3.05) is 18.0 Å². The van der Waals surface area contributed by atoms with E-state index in [0.717, 1.165) is 18.2 Å². The van der Waals surface area contributed by atoms with Crippen LogP contribution in [-0.2, 0) is 0 Å². The molecule has 158 valence electrons. The van der Waals surface area contributed by atoms with Gasteiger partial charge in [-0.2, -0.15) is 4.98 Å². The molecule has 5 rings (SSSR count). The van der Waals surface area contributed by atoms with E-state index >= 15 is 0 Å². The first-order chi connectivity index (χ1) is 15.1. The monoisotopic (exact) mass is 425 g/mol. The minimum Gasteiger partial charge on any atom is -0.355 e. The lowest BCUT2D eigenvalue weighted by Crippen LogP contribution is -2.35.